The van der Waals surface area contributed by atoms with E-state index < -0.39 is 6.09 Å². The van der Waals surface area contributed by atoms with Gasteiger partial charge in [0.05, 0.1) is 5.56 Å². The first-order valence-electron chi connectivity index (χ1n) is 6.04. The van der Waals surface area contributed by atoms with Crippen LogP contribution in [0.5, 0.6) is 0 Å². The highest BCUT2D eigenvalue weighted by Gasteiger charge is 2.29. The first-order chi connectivity index (χ1) is 8.75. The van der Waals surface area contributed by atoms with Crippen molar-refractivity contribution in [2.45, 2.75) is 13.0 Å². The van der Waals surface area contributed by atoms with Gasteiger partial charge >= 0.3 is 6.09 Å². The molecule has 19 heavy (non-hydrogen) atoms. The SMILES string of the molecule is CC1OC(=O)Nc2ncnc(N3CCNCC3)c21.Cl. The van der Waals surface area contributed by atoms with Gasteiger partial charge in [0.2, 0.25) is 0 Å². The van der Waals surface area contributed by atoms with Gasteiger partial charge in [0.15, 0.2) is 0 Å². The zero-order valence-electron chi connectivity index (χ0n) is 10.5. The van der Waals surface area contributed by atoms with Crippen LogP contribution in [0.4, 0.5) is 16.4 Å². The molecule has 0 saturated carbocycles. The zero-order valence-corrected chi connectivity index (χ0v) is 11.4. The van der Waals surface area contributed by atoms with Crippen molar-refractivity contribution in [3.8, 4) is 0 Å². The van der Waals surface area contributed by atoms with Gasteiger partial charge in [-0.1, -0.05) is 0 Å². The molecule has 0 spiro atoms. The minimum absolute atomic E-state index is 0. The second-order valence-corrected chi connectivity index (χ2v) is 4.37. The second-order valence-electron chi connectivity index (χ2n) is 4.37. The normalized spacial score (nSPS) is 21.8. The third-order valence-corrected chi connectivity index (χ3v) is 3.19. The number of halogens is 1. The van der Waals surface area contributed by atoms with E-state index in [2.05, 4.69) is 25.5 Å². The van der Waals surface area contributed by atoms with Gasteiger partial charge in [-0.2, -0.15) is 0 Å². The first-order valence-corrected chi connectivity index (χ1v) is 6.04. The lowest BCUT2D eigenvalue weighted by atomic mass is 10.1. The summed E-state index contributed by atoms with van der Waals surface area (Å²) < 4.78 is 5.17. The van der Waals surface area contributed by atoms with Crippen molar-refractivity contribution < 1.29 is 9.53 Å². The molecule has 2 aliphatic rings. The fourth-order valence-electron chi connectivity index (χ4n) is 2.33. The summed E-state index contributed by atoms with van der Waals surface area (Å²) in [5.41, 5.74) is 0.860. The molecule has 7 nitrogen and oxygen atoms in total. The van der Waals surface area contributed by atoms with Gasteiger partial charge in [0.1, 0.15) is 24.1 Å². The monoisotopic (exact) mass is 285 g/mol. The van der Waals surface area contributed by atoms with Gasteiger partial charge in [0, 0.05) is 26.2 Å². The van der Waals surface area contributed by atoms with E-state index in [-0.39, 0.29) is 18.5 Å². The number of nitrogens with zero attached hydrogens (tertiary/aromatic N) is 3. The minimum atomic E-state index is -0.458. The molecule has 0 radical (unpaired) electrons. The Labute approximate surface area is 117 Å². The van der Waals surface area contributed by atoms with Gasteiger partial charge in [-0.15, -0.1) is 12.4 Å². The molecule has 1 fully saturated rings. The van der Waals surface area contributed by atoms with Crippen molar-refractivity contribution in [3.05, 3.63) is 11.9 Å². The maximum atomic E-state index is 11.3. The maximum absolute atomic E-state index is 11.3. The fraction of sp³-hybridized carbons (Fsp3) is 0.545. The molecule has 0 aliphatic carbocycles. The summed E-state index contributed by atoms with van der Waals surface area (Å²) in [4.78, 5) is 22.0. The summed E-state index contributed by atoms with van der Waals surface area (Å²) >= 11 is 0. The average Bonchev–Trinajstić information content (AvgIpc) is 2.38. The number of cyclic esters (lactones) is 1. The molecule has 0 aromatic carbocycles. The Hall–Kier alpha value is -1.60. The molecular weight excluding hydrogens is 270 g/mol. The summed E-state index contributed by atoms with van der Waals surface area (Å²) in [5, 5.41) is 5.91. The number of fused-ring (bicyclic) bond motifs is 1. The van der Waals surface area contributed by atoms with Crippen LogP contribution in [-0.2, 0) is 4.74 Å². The maximum Gasteiger partial charge on any atom is 0.413 e. The quantitative estimate of drug-likeness (QED) is 0.799. The van der Waals surface area contributed by atoms with Crippen molar-refractivity contribution in [2.75, 3.05) is 36.4 Å². The van der Waals surface area contributed by atoms with Crippen LogP contribution in [0.1, 0.15) is 18.6 Å². The van der Waals surface area contributed by atoms with E-state index in [4.69, 9.17) is 4.74 Å². The topological polar surface area (TPSA) is 79.4 Å². The number of rotatable bonds is 1. The Kier molecular flexibility index (Phi) is 4.06. The van der Waals surface area contributed by atoms with Crippen molar-refractivity contribution in [3.63, 3.8) is 0 Å². The average molecular weight is 286 g/mol. The lowest BCUT2D eigenvalue weighted by Gasteiger charge is -2.32. The molecular formula is C11H16ClN5O2. The summed E-state index contributed by atoms with van der Waals surface area (Å²) in [5.74, 6) is 1.41. The van der Waals surface area contributed by atoms with Crippen LogP contribution in [0.15, 0.2) is 6.33 Å². The largest absolute Gasteiger partial charge is 0.441 e. The van der Waals surface area contributed by atoms with Crippen LogP contribution in [0, 0.1) is 0 Å². The van der Waals surface area contributed by atoms with Crippen LogP contribution >= 0.6 is 12.4 Å². The van der Waals surface area contributed by atoms with E-state index in [1.165, 1.54) is 6.33 Å². The van der Waals surface area contributed by atoms with E-state index in [1.54, 1.807) is 0 Å². The molecule has 8 heteroatoms. The summed E-state index contributed by atoms with van der Waals surface area (Å²) in [6.45, 7) is 5.49. The predicted octanol–water partition coefficient (Wildman–Crippen LogP) is 0.931. The van der Waals surface area contributed by atoms with Crippen LogP contribution in [0.2, 0.25) is 0 Å². The van der Waals surface area contributed by atoms with Crippen LogP contribution in [0.25, 0.3) is 0 Å². The van der Waals surface area contributed by atoms with Crippen molar-refractivity contribution in [1.82, 2.24) is 15.3 Å². The highest BCUT2D eigenvalue weighted by Crippen LogP contribution is 2.34. The van der Waals surface area contributed by atoms with Crippen molar-refractivity contribution in [1.29, 1.82) is 0 Å². The molecule has 3 heterocycles. The third-order valence-electron chi connectivity index (χ3n) is 3.19. The van der Waals surface area contributed by atoms with Crippen molar-refractivity contribution in [2.24, 2.45) is 0 Å². The Morgan fingerprint density at radius 3 is 2.84 bits per heavy atom. The van der Waals surface area contributed by atoms with E-state index in [1.807, 2.05) is 6.92 Å². The van der Waals surface area contributed by atoms with Crippen molar-refractivity contribution >= 4 is 30.1 Å². The summed E-state index contributed by atoms with van der Waals surface area (Å²) in [6, 6.07) is 0. The molecule has 1 aromatic heterocycles. The first kappa shape index (κ1) is 13.8. The van der Waals surface area contributed by atoms with Crippen LogP contribution in [0.3, 0.4) is 0 Å². The molecule has 1 aromatic rings. The second kappa shape index (κ2) is 5.58. The number of nitrogens with one attached hydrogen (secondary N) is 2. The smallest absolute Gasteiger partial charge is 0.413 e. The number of carbonyl (C=O) groups excluding carboxylic acids is 1. The Morgan fingerprint density at radius 2 is 2.11 bits per heavy atom. The van der Waals surface area contributed by atoms with Gasteiger partial charge in [-0.25, -0.2) is 14.8 Å². The minimum Gasteiger partial charge on any atom is -0.441 e. The van der Waals surface area contributed by atoms with E-state index >= 15 is 0 Å². The Bertz CT molecular complexity index is 478. The molecule has 0 bridgehead atoms. The van der Waals surface area contributed by atoms with Crippen LogP contribution in [-0.4, -0.2) is 42.2 Å². The number of hydrogen-bond acceptors (Lipinski definition) is 6. The number of hydrogen-bond donors (Lipinski definition) is 2. The predicted molar refractivity (Wildman–Crippen MR) is 72.9 cm³/mol. The molecule has 1 amide bonds. The van der Waals surface area contributed by atoms with Gasteiger partial charge in [0.25, 0.3) is 0 Å². The number of piperazine rings is 1. The van der Waals surface area contributed by atoms with E-state index in [0.29, 0.717) is 5.82 Å². The van der Waals surface area contributed by atoms with Gasteiger partial charge < -0.3 is 15.0 Å². The fourth-order valence-corrected chi connectivity index (χ4v) is 2.33. The van der Waals surface area contributed by atoms with Crippen LogP contribution < -0.4 is 15.5 Å². The molecule has 1 unspecified atom stereocenters. The molecule has 2 N–H and O–H groups in total. The molecule has 3 rings (SSSR count). The molecule has 104 valence electrons. The summed E-state index contributed by atoms with van der Waals surface area (Å²) in [6.07, 6.45) is 0.703. The number of aromatic nitrogens is 2. The zero-order chi connectivity index (χ0) is 12.5. The molecule has 2 aliphatic heterocycles. The Balaban J connectivity index is 0.00000133. The number of ether oxygens (including phenoxy) is 1. The highest BCUT2D eigenvalue weighted by molar-refractivity contribution is 5.88. The number of amides is 1. The lowest BCUT2D eigenvalue weighted by molar-refractivity contribution is 0.116. The summed E-state index contributed by atoms with van der Waals surface area (Å²) in [7, 11) is 0. The van der Waals surface area contributed by atoms with Gasteiger partial charge in [-0.3, -0.25) is 5.32 Å². The highest BCUT2D eigenvalue weighted by atomic mass is 35.5. The number of anilines is 2. The lowest BCUT2D eigenvalue weighted by Crippen LogP contribution is -2.44. The van der Waals surface area contributed by atoms with E-state index in [9.17, 15) is 4.79 Å². The standard InChI is InChI=1S/C11H15N5O2.ClH/c1-7-8-9(15-11(17)18-7)13-6-14-10(8)16-4-2-12-3-5-16;/h6-7,12H,2-5H2,1H3,(H,13,14,15,17);1H. The van der Waals surface area contributed by atoms with E-state index in [0.717, 1.165) is 37.6 Å². The molecule has 1 saturated heterocycles. The van der Waals surface area contributed by atoms with Gasteiger partial charge in [-0.05, 0) is 6.92 Å². The number of carbonyl (C=O) groups is 1. The third kappa shape index (κ3) is 2.57. The Morgan fingerprint density at radius 1 is 1.37 bits per heavy atom. The molecule has 1 atom stereocenters.